The van der Waals surface area contributed by atoms with Crippen molar-refractivity contribution in [2.45, 2.75) is 50.6 Å². The Kier molecular flexibility index (Phi) is 4.66. The fourth-order valence-corrected chi connectivity index (χ4v) is 3.17. The average Bonchev–Trinajstić information content (AvgIpc) is 3.53. The number of nitrogens with zero attached hydrogens (tertiary/aromatic N) is 2. The van der Waals surface area contributed by atoms with Crippen LogP contribution in [0.1, 0.15) is 54.5 Å². The van der Waals surface area contributed by atoms with Crippen LogP contribution in [0.25, 0.3) is 0 Å². The second-order valence-corrected chi connectivity index (χ2v) is 7.44. The highest BCUT2D eigenvalue weighted by Gasteiger charge is 2.32. The van der Waals surface area contributed by atoms with Gasteiger partial charge in [0.2, 0.25) is 0 Å². The molecule has 1 aromatic heterocycles. The van der Waals surface area contributed by atoms with E-state index in [0.717, 1.165) is 12.1 Å². The lowest BCUT2D eigenvalue weighted by atomic mass is 10.2. The molecule has 4 rings (SSSR count). The van der Waals surface area contributed by atoms with Gasteiger partial charge in [-0.2, -0.15) is 5.10 Å². The van der Waals surface area contributed by atoms with Crippen molar-refractivity contribution in [3.63, 3.8) is 0 Å². The van der Waals surface area contributed by atoms with Gasteiger partial charge in [0.15, 0.2) is 0 Å². The van der Waals surface area contributed by atoms with Crippen LogP contribution in [0.2, 0.25) is 5.02 Å². The summed E-state index contributed by atoms with van der Waals surface area (Å²) in [5.41, 5.74) is 3.62. The van der Waals surface area contributed by atoms with E-state index in [1.165, 1.54) is 37.1 Å². The van der Waals surface area contributed by atoms with Crippen molar-refractivity contribution in [1.29, 1.82) is 0 Å². The van der Waals surface area contributed by atoms with Gasteiger partial charge < -0.3 is 10.6 Å². The maximum absolute atomic E-state index is 12.0. The van der Waals surface area contributed by atoms with Gasteiger partial charge in [-0.1, -0.05) is 23.7 Å². The van der Waals surface area contributed by atoms with E-state index in [1.54, 1.807) is 0 Å². The van der Waals surface area contributed by atoms with E-state index in [1.807, 2.05) is 24.3 Å². The van der Waals surface area contributed by atoms with Crippen molar-refractivity contribution >= 4 is 17.6 Å². The molecule has 132 valence electrons. The van der Waals surface area contributed by atoms with Gasteiger partial charge in [-0.05, 0) is 49.4 Å². The van der Waals surface area contributed by atoms with E-state index in [0.29, 0.717) is 29.9 Å². The number of benzene rings is 1. The number of rotatable bonds is 7. The molecule has 0 aliphatic heterocycles. The Bertz CT molecular complexity index is 747. The summed E-state index contributed by atoms with van der Waals surface area (Å²) in [6.07, 6.45) is 5.08. The average molecular weight is 359 g/mol. The molecule has 0 radical (unpaired) electrons. The highest BCUT2D eigenvalue weighted by atomic mass is 35.5. The lowest BCUT2D eigenvalue weighted by molar-refractivity contribution is 0.240. The summed E-state index contributed by atoms with van der Waals surface area (Å²) in [5.74, 6) is 1.35. The minimum absolute atomic E-state index is 0.155. The molecule has 2 aromatic rings. The number of hydrogen-bond acceptors (Lipinski definition) is 2. The van der Waals surface area contributed by atoms with Crippen molar-refractivity contribution in [2.24, 2.45) is 0 Å². The van der Waals surface area contributed by atoms with Crippen LogP contribution < -0.4 is 10.6 Å². The Hall–Kier alpha value is -2.01. The van der Waals surface area contributed by atoms with Crippen molar-refractivity contribution in [3.05, 3.63) is 52.3 Å². The molecule has 1 heterocycles. The number of aromatic nitrogens is 2. The van der Waals surface area contributed by atoms with Crippen molar-refractivity contribution in [1.82, 2.24) is 20.4 Å². The smallest absolute Gasteiger partial charge is 0.315 e. The van der Waals surface area contributed by atoms with Crippen LogP contribution in [-0.2, 0) is 13.1 Å². The molecule has 6 heteroatoms. The molecule has 2 saturated carbocycles. The maximum atomic E-state index is 12.0. The highest BCUT2D eigenvalue weighted by molar-refractivity contribution is 6.30. The van der Waals surface area contributed by atoms with Gasteiger partial charge in [0.25, 0.3) is 0 Å². The molecular formula is C19H23ClN4O. The lowest BCUT2D eigenvalue weighted by Gasteiger charge is -2.10. The normalized spacial score (nSPS) is 16.7. The Balaban J connectivity index is 1.24. The number of nitrogens with one attached hydrogen (secondary N) is 2. The summed E-state index contributed by atoms with van der Waals surface area (Å²) < 4.78 is 2.10. The molecule has 5 nitrogen and oxygen atoms in total. The summed E-state index contributed by atoms with van der Waals surface area (Å²) in [4.78, 5) is 12.0. The van der Waals surface area contributed by atoms with Crippen molar-refractivity contribution < 1.29 is 4.79 Å². The van der Waals surface area contributed by atoms with E-state index in [2.05, 4.69) is 21.4 Å². The van der Waals surface area contributed by atoms with Gasteiger partial charge in [-0.25, -0.2) is 4.79 Å². The van der Waals surface area contributed by atoms with E-state index < -0.39 is 0 Å². The van der Waals surface area contributed by atoms with Gasteiger partial charge in [0.1, 0.15) is 0 Å². The van der Waals surface area contributed by atoms with Crippen molar-refractivity contribution in [2.75, 3.05) is 6.54 Å². The number of halogens is 1. The first kappa shape index (κ1) is 16.5. The Morgan fingerprint density at radius 2 is 1.84 bits per heavy atom. The highest BCUT2D eigenvalue weighted by Crippen LogP contribution is 2.44. The predicted octanol–water partition coefficient (Wildman–Crippen LogP) is 3.79. The quantitative estimate of drug-likeness (QED) is 0.791. The standard InChI is InChI=1S/C19H23ClN4O/c20-16-7-1-13(2-8-16)12-22-19(25)21-9-10-24-18(15-5-6-15)11-17(23-24)14-3-4-14/h1-2,7-8,11,14-15H,3-6,9-10,12H2,(H2,21,22,25). The molecule has 0 spiro atoms. The van der Waals surface area contributed by atoms with Crippen LogP contribution in [0, 0.1) is 0 Å². The Labute approximate surface area is 152 Å². The maximum Gasteiger partial charge on any atom is 0.315 e. The van der Waals surface area contributed by atoms with Gasteiger partial charge >= 0.3 is 6.03 Å². The number of urea groups is 1. The van der Waals surface area contributed by atoms with Crippen LogP contribution in [0.15, 0.2) is 30.3 Å². The summed E-state index contributed by atoms with van der Waals surface area (Å²) in [7, 11) is 0. The number of amides is 2. The van der Waals surface area contributed by atoms with Crippen LogP contribution in [0.5, 0.6) is 0 Å². The first-order valence-corrected chi connectivity index (χ1v) is 9.40. The zero-order valence-electron chi connectivity index (χ0n) is 14.2. The molecular weight excluding hydrogens is 336 g/mol. The van der Waals surface area contributed by atoms with Crippen LogP contribution in [-0.4, -0.2) is 22.4 Å². The number of hydrogen-bond donors (Lipinski definition) is 2. The molecule has 2 aliphatic rings. The number of carbonyl (C=O) groups excluding carboxylic acids is 1. The van der Waals surface area contributed by atoms with Crippen LogP contribution >= 0.6 is 11.6 Å². The molecule has 0 saturated heterocycles. The zero-order valence-corrected chi connectivity index (χ0v) is 14.9. The van der Waals surface area contributed by atoms with E-state index >= 15 is 0 Å². The topological polar surface area (TPSA) is 59.0 Å². The van der Waals surface area contributed by atoms with E-state index in [-0.39, 0.29) is 6.03 Å². The van der Waals surface area contributed by atoms with Gasteiger partial charge in [-0.3, -0.25) is 4.68 Å². The number of carbonyl (C=O) groups is 1. The van der Waals surface area contributed by atoms with Crippen molar-refractivity contribution in [3.8, 4) is 0 Å². The summed E-state index contributed by atoms with van der Waals surface area (Å²) in [6.45, 7) is 1.80. The molecule has 25 heavy (non-hydrogen) atoms. The Morgan fingerprint density at radius 1 is 1.12 bits per heavy atom. The third-order valence-corrected chi connectivity index (χ3v) is 5.05. The third kappa shape index (κ3) is 4.34. The van der Waals surface area contributed by atoms with Gasteiger partial charge in [-0.15, -0.1) is 0 Å². The van der Waals surface area contributed by atoms with Gasteiger partial charge in [0, 0.05) is 35.6 Å². The molecule has 2 amide bonds. The zero-order chi connectivity index (χ0) is 17.2. The second-order valence-electron chi connectivity index (χ2n) is 7.00. The second kappa shape index (κ2) is 7.08. The molecule has 1 aromatic carbocycles. The summed E-state index contributed by atoms with van der Waals surface area (Å²) in [5, 5.41) is 11.2. The SMILES string of the molecule is O=C(NCCn1nc(C2CC2)cc1C1CC1)NCc1ccc(Cl)cc1. The third-order valence-electron chi connectivity index (χ3n) is 4.80. The summed E-state index contributed by atoms with van der Waals surface area (Å²) in [6, 6.07) is 9.60. The molecule has 2 N–H and O–H groups in total. The first-order valence-electron chi connectivity index (χ1n) is 9.03. The fourth-order valence-electron chi connectivity index (χ4n) is 3.04. The molecule has 0 atom stereocenters. The molecule has 2 fully saturated rings. The predicted molar refractivity (Wildman–Crippen MR) is 97.9 cm³/mol. The van der Waals surface area contributed by atoms with Crippen LogP contribution in [0.3, 0.4) is 0 Å². The minimum Gasteiger partial charge on any atom is -0.336 e. The summed E-state index contributed by atoms with van der Waals surface area (Å²) >= 11 is 5.86. The van der Waals surface area contributed by atoms with E-state index in [9.17, 15) is 4.79 Å². The fraction of sp³-hybridized carbons (Fsp3) is 0.474. The monoisotopic (exact) mass is 358 g/mol. The first-order chi connectivity index (χ1) is 12.2. The Morgan fingerprint density at radius 3 is 2.52 bits per heavy atom. The van der Waals surface area contributed by atoms with Crippen LogP contribution in [0.4, 0.5) is 4.79 Å². The lowest BCUT2D eigenvalue weighted by Crippen LogP contribution is -2.37. The molecule has 0 bridgehead atoms. The van der Waals surface area contributed by atoms with E-state index in [4.69, 9.17) is 16.7 Å². The van der Waals surface area contributed by atoms with Gasteiger partial charge in [0.05, 0.1) is 12.2 Å². The minimum atomic E-state index is -0.155. The largest absolute Gasteiger partial charge is 0.336 e. The molecule has 2 aliphatic carbocycles. The molecule has 0 unspecified atom stereocenters.